The predicted octanol–water partition coefficient (Wildman–Crippen LogP) is 1.14. The lowest BCUT2D eigenvalue weighted by molar-refractivity contribution is 0.921. The van der Waals surface area contributed by atoms with Crippen molar-refractivity contribution >= 4 is 22.6 Å². The minimum absolute atomic E-state index is 0.270. The molecule has 0 unspecified atom stereocenters. The molecule has 0 atom stereocenters. The van der Waals surface area contributed by atoms with Crippen LogP contribution in [0.1, 0.15) is 5.82 Å². The molecule has 0 amide bonds. The second-order valence-electron chi connectivity index (χ2n) is 2.51. The Bertz CT molecular complexity index is 443. The fourth-order valence-electron chi connectivity index (χ4n) is 1.06. The fraction of sp³-hybridized carbons (Fsp3) is 0.125. The molecule has 2 aromatic heterocycles. The molecule has 0 saturated heterocycles. The molecular formula is C8H7ClN4. The number of nitrogens with zero attached hydrogens (tertiary/aromatic N) is 3. The summed E-state index contributed by atoms with van der Waals surface area (Å²) in [6.45, 7) is 0.270. The molecule has 13 heavy (non-hydrogen) atoms. The first kappa shape index (κ1) is 8.34. The quantitative estimate of drug-likeness (QED) is 0.692. The Hall–Kier alpha value is -1.26. The number of hydrogen-bond donors (Lipinski definition) is 1. The minimum Gasteiger partial charge on any atom is -0.324 e. The van der Waals surface area contributed by atoms with Crippen molar-refractivity contribution in [3.63, 3.8) is 0 Å². The van der Waals surface area contributed by atoms with Gasteiger partial charge in [0.05, 0.1) is 11.9 Å². The molecule has 0 saturated carbocycles. The summed E-state index contributed by atoms with van der Waals surface area (Å²) in [5, 5.41) is 1.15. The van der Waals surface area contributed by atoms with Crippen molar-refractivity contribution < 1.29 is 0 Å². The lowest BCUT2D eigenvalue weighted by atomic mass is 10.3. The number of pyridine rings is 1. The molecule has 2 aromatic rings. The van der Waals surface area contributed by atoms with Gasteiger partial charge in [0.15, 0.2) is 5.65 Å². The SMILES string of the molecule is NCc1nc(Cl)c2cccnc2n1. The number of nitrogens with two attached hydrogens (primary N) is 1. The summed E-state index contributed by atoms with van der Waals surface area (Å²) in [5.74, 6) is 0.510. The molecule has 0 fully saturated rings. The molecule has 0 spiro atoms. The van der Waals surface area contributed by atoms with Gasteiger partial charge in [0.2, 0.25) is 0 Å². The highest BCUT2D eigenvalue weighted by atomic mass is 35.5. The molecule has 0 aliphatic rings. The van der Waals surface area contributed by atoms with E-state index >= 15 is 0 Å². The lowest BCUT2D eigenvalue weighted by Gasteiger charge is -2.00. The molecule has 0 aliphatic carbocycles. The molecular weight excluding hydrogens is 188 g/mol. The molecule has 4 nitrogen and oxygen atoms in total. The summed E-state index contributed by atoms with van der Waals surface area (Å²) in [5.41, 5.74) is 5.98. The minimum atomic E-state index is 0.270. The number of rotatable bonds is 1. The van der Waals surface area contributed by atoms with Gasteiger partial charge in [-0.3, -0.25) is 0 Å². The zero-order chi connectivity index (χ0) is 9.26. The zero-order valence-electron chi connectivity index (χ0n) is 6.74. The first-order valence-corrected chi connectivity index (χ1v) is 4.16. The number of hydrogen-bond acceptors (Lipinski definition) is 4. The van der Waals surface area contributed by atoms with E-state index in [1.54, 1.807) is 12.3 Å². The van der Waals surface area contributed by atoms with Gasteiger partial charge in [0.25, 0.3) is 0 Å². The van der Waals surface area contributed by atoms with Crippen molar-refractivity contribution in [3.05, 3.63) is 29.3 Å². The van der Waals surface area contributed by atoms with Gasteiger partial charge in [-0.1, -0.05) is 11.6 Å². The summed E-state index contributed by atoms with van der Waals surface area (Å²) in [4.78, 5) is 12.2. The highest BCUT2D eigenvalue weighted by molar-refractivity contribution is 6.33. The summed E-state index contributed by atoms with van der Waals surface area (Å²) < 4.78 is 0. The molecule has 0 aliphatic heterocycles. The summed E-state index contributed by atoms with van der Waals surface area (Å²) in [6.07, 6.45) is 1.66. The Morgan fingerprint density at radius 3 is 3.00 bits per heavy atom. The van der Waals surface area contributed by atoms with E-state index in [4.69, 9.17) is 17.3 Å². The van der Waals surface area contributed by atoms with Crippen molar-refractivity contribution in [2.24, 2.45) is 5.73 Å². The monoisotopic (exact) mass is 194 g/mol. The fourth-order valence-corrected chi connectivity index (χ4v) is 1.30. The maximum Gasteiger partial charge on any atom is 0.164 e. The lowest BCUT2D eigenvalue weighted by Crippen LogP contribution is -2.03. The average molecular weight is 195 g/mol. The summed E-state index contributed by atoms with van der Waals surface area (Å²) >= 11 is 5.89. The Morgan fingerprint density at radius 2 is 2.23 bits per heavy atom. The molecule has 0 aromatic carbocycles. The van der Waals surface area contributed by atoms with E-state index in [1.165, 1.54) is 0 Å². The number of halogens is 1. The van der Waals surface area contributed by atoms with Crippen LogP contribution in [0.5, 0.6) is 0 Å². The third-order valence-corrected chi connectivity index (χ3v) is 1.94. The highest BCUT2D eigenvalue weighted by Crippen LogP contribution is 2.17. The zero-order valence-corrected chi connectivity index (χ0v) is 7.49. The van der Waals surface area contributed by atoms with Gasteiger partial charge in [-0.2, -0.15) is 0 Å². The third-order valence-electron chi connectivity index (χ3n) is 1.65. The smallest absolute Gasteiger partial charge is 0.164 e. The van der Waals surface area contributed by atoms with Crippen LogP contribution >= 0.6 is 11.6 Å². The maximum absolute atomic E-state index is 5.89. The van der Waals surface area contributed by atoms with Crippen LogP contribution in [0, 0.1) is 0 Å². The van der Waals surface area contributed by atoms with Crippen LogP contribution in [0.3, 0.4) is 0 Å². The van der Waals surface area contributed by atoms with Crippen LogP contribution < -0.4 is 5.73 Å². The maximum atomic E-state index is 5.89. The van der Waals surface area contributed by atoms with Crippen LogP contribution in [0.4, 0.5) is 0 Å². The Balaban J connectivity index is 2.77. The van der Waals surface area contributed by atoms with Gasteiger partial charge < -0.3 is 5.73 Å². The van der Waals surface area contributed by atoms with E-state index in [9.17, 15) is 0 Å². The average Bonchev–Trinajstić information content (AvgIpc) is 2.18. The van der Waals surface area contributed by atoms with E-state index in [0.29, 0.717) is 16.6 Å². The normalized spacial score (nSPS) is 10.6. The van der Waals surface area contributed by atoms with Crippen molar-refractivity contribution in [2.45, 2.75) is 6.54 Å². The molecule has 0 radical (unpaired) electrons. The number of fused-ring (bicyclic) bond motifs is 1. The van der Waals surface area contributed by atoms with Crippen LogP contribution in [0.25, 0.3) is 11.0 Å². The van der Waals surface area contributed by atoms with Crippen molar-refractivity contribution in [3.8, 4) is 0 Å². The Morgan fingerprint density at radius 1 is 1.38 bits per heavy atom. The Kier molecular flexibility index (Phi) is 2.08. The molecule has 5 heteroatoms. The first-order chi connectivity index (χ1) is 6.31. The van der Waals surface area contributed by atoms with Gasteiger partial charge in [-0.15, -0.1) is 0 Å². The van der Waals surface area contributed by atoms with Gasteiger partial charge in [0.1, 0.15) is 11.0 Å². The van der Waals surface area contributed by atoms with Crippen LogP contribution in [-0.2, 0) is 6.54 Å². The van der Waals surface area contributed by atoms with Gasteiger partial charge in [-0.05, 0) is 12.1 Å². The Labute approximate surface area is 79.8 Å². The van der Waals surface area contributed by atoms with E-state index in [2.05, 4.69) is 15.0 Å². The molecule has 2 rings (SSSR count). The third kappa shape index (κ3) is 1.46. The summed E-state index contributed by atoms with van der Waals surface area (Å²) in [6, 6.07) is 3.62. The molecule has 2 N–H and O–H groups in total. The second kappa shape index (κ2) is 3.24. The summed E-state index contributed by atoms with van der Waals surface area (Å²) in [7, 11) is 0. The van der Waals surface area contributed by atoms with Gasteiger partial charge in [0, 0.05) is 6.20 Å². The van der Waals surface area contributed by atoms with Crippen LogP contribution in [-0.4, -0.2) is 15.0 Å². The highest BCUT2D eigenvalue weighted by Gasteiger charge is 2.04. The van der Waals surface area contributed by atoms with E-state index in [0.717, 1.165) is 5.39 Å². The first-order valence-electron chi connectivity index (χ1n) is 3.78. The van der Waals surface area contributed by atoms with Gasteiger partial charge >= 0.3 is 0 Å². The molecule has 2 heterocycles. The second-order valence-corrected chi connectivity index (χ2v) is 2.87. The van der Waals surface area contributed by atoms with E-state index in [1.807, 2.05) is 6.07 Å². The van der Waals surface area contributed by atoms with E-state index in [-0.39, 0.29) is 6.54 Å². The topological polar surface area (TPSA) is 64.7 Å². The number of aromatic nitrogens is 3. The van der Waals surface area contributed by atoms with Crippen molar-refractivity contribution in [1.82, 2.24) is 15.0 Å². The molecule has 66 valence electrons. The van der Waals surface area contributed by atoms with Crippen LogP contribution in [0.15, 0.2) is 18.3 Å². The predicted molar refractivity (Wildman–Crippen MR) is 50.2 cm³/mol. The van der Waals surface area contributed by atoms with E-state index < -0.39 is 0 Å². The largest absolute Gasteiger partial charge is 0.324 e. The molecule has 0 bridgehead atoms. The van der Waals surface area contributed by atoms with Gasteiger partial charge in [-0.25, -0.2) is 15.0 Å². The van der Waals surface area contributed by atoms with Crippen LogP contribution in [0.2, 0.25) is 5.15 Å². The standard InChI is InChI=1S/C8H7ClN4/c9-7-5-2-1-3-11-8(5)13-6(4-10)12-7/h1-3H,4,10H2. The van der Waals surface area contributed by atoms with Crippen molar-refractivity contribution in [1.29, 1.82) is 0 Å². The van der Waals surface area contributed by atoms with Crippen molar-refractivity contribution in [2.75, 3.05) is 0 Å².